The van der Waals surface area contributed by atoms with E-state index in [0.717, 1.165) is 38.4 Å². The third kappa shape index (κ3) is 4.11. The number of amides is 1. The molecule has 2 aromatic heterocycles. The Hall–Kier alpha value is -3.45. The van der Waals surface area contributed by atoms with Crippen molar-refractivity contribution in [1.29, 1.82) is 0 Å². The highest BCUT2D eigenvalue weighted by Gasteiger charge is 2.11. The van der Waals surface area contributed by atoms with Gasteiger partial charge in [0.15, 0.2) is 0 Å². The largest absolute Gasteiger partial charge is 0.496 e. The van der Waals surface area contributed by atoms with Crippen molar-refractivity contribution >= 4 is 33.5 Å². The number of nitrogens with zero attached hydrogens (tertiary/aromatic N) is 3. The Labute approximate surface area is 178 Å². The summed E-state index contributed by atoms with van der Waals surface area (Å²) < 4.78 is 8.52. The lowest BCUT2D eigenvalue weighted by Crippen LogP contribution is -2.17. The van der Waals surface area contributed by atoms with Gasteiger partial charge in [-0.1, -0.05) is 18.2 Å². The van der Waals surface area contributed by atoms with Crippen LogP contribution < -0.4 is 10.2 Å². The Morgan fingerprint density at radius 1 is 1.23 bits per heavy atom. The number of rotatable bonds is 6. The minimum Gasteiger partial charge on any atom is -0.496 e. The summed E-state index contributed by atoms with van der Waals surface area (Å²) in [7, 11) is 1.65. The van der Waals surface area contributed by atoms with Crippen LogP contribution in [0.4, 0.5) is 0 Å². The fourth-order valence-corrected chi connectivity index (χ4v) is 4.32. The molecule has 0 aliphatic carbocycles. The number of hydrogen-bond donors (Lipinski definition) is 1. The van der Waals surface area contributed by atoms with E-state index in [9.17, 15) is 4.79 Å². The Balaban J connectivity index is 1.50. The molecular weight excluding hydrogens is 396 g/mol. The van der Waals surface area contributed by atoms with Crippen molar-refractivity contribution in [3.63, 3.8) is 0 Å². The molecule has 0 bridgehead atoms. The Bertz CT molecular complexity index is 1240. The minimum atomic E-state index is -0.222. The number of thiophene rings is 1. The van der Waals surface area contributed by atoms with E-state index in [1.165, 1.54) is 0 Å². The monoisotopic (exact) mass is 418 g/mol. The summed E-state index contributed by atoms with van der Waals surface area (Å²) in [5.41, 5.74) is 7.18. The SMILES string of the molecule is COc1ccc(C=NNC(=O)c2csc3ccccc23)cc1Cn1nc(C)cc1C. The number of hydrogen-bond acceptors (Lipinski definition) is 5. The Kier molecular flexibility index (Phi) is 5.63. The van der Waals surface area contributed by atoms with Crippen molar-refractivity contribution in [2.24, 2.45) is 5.10 Å². The second kappa shape index (κ2) is 8.51. The van der Waals surface area contributed by atoms with Gasteiger partial charge in [-0.3, -0.25) is 9.48 Å². The molecule has 2 heterocycles. The van der Waals surface area contributed by atoms with E-state index in [-0.39, 0.29) is 5.91 Å². The highest BCUT2D eigenvalue weighted by molar-refractivity contribution is 7.17. The maximum Gasteiger partial charge on any atom is 0.272 e. The average Bonchev–Trinajstić information content (AvgIpc) is 3.31. The molecular formula is C23H22N4O2S. The summed E-state index contributed by atoms with van der Waals surface area (Å²) in [6, 6.07) is 15.7. The number of benzene rings is 2. The molecule has 2 aromatic carbocycles. The molecule has 0 unspecified atom stereocenters. The molecule has 0 spiro atoms. The van der Waals surface area contributed by atoms with Gasteiger partial charge in [0.2, 0.25) is 0 Å². The van der Waals surface area contributed by atoms with Gasteiger partial charge in [-0.2, -0.15) is 10.2 Å². The maximum atomic E-state index is 12.5. The van der Waals surface area contributed by atoms with Crippen LogP contribution in [0, 0.1) is 13.8 Å². The van der Waals surface area contributed by atoms with Crippen LogP contribution in [0.15, 0.2) is 59.0 Å². The van der Waals surface area contributed by atoms with E-state index in [1.54, 1.807) is 24.7 Å². The fraction of sp³-hybridized carbons (Fsp3) is 0.174. The van der Waals surface area contributed by atoms with Crippen LogP contribution in [-0.4, -0.2) is 29.0 Å². The van der Waals surface area contributed by atoms with Gasteiger partial charge in [-0.25, -0.2) is 5.43 Å². The molecule has 0 atom stereocenters. The van der Waals surface area contributed by atoms with Crippen LogP contribution >= 0.6 is 11.3 Å². The predicted octanol–water partition coefficient (Wildman–Crippen LogP) is 4.54. The van der Waals surface area contributed by atoms with Crippen LogP contribution in [0.3, 0.4) is 0 Å². The Morgan fingerprint density at radius 3 is 2.83 bits per heavy atom. The smallest absolute Gasteiger partial charge is 0.272 e. The van der Waals surface area contributed by atoms with Crippen LogP contribution in [-0.2, 0) is 6.54 Å². The first-order chi connectivity index (χ1) is 14.5. The van der Waals surface area contributed by atoms with Gasteiger partial charge in [0, 0.05) is 26.7 Å². The standard InChI is InChI=1S/C23H22N4O2S/c1-15-10-16(2)27(26-15)13-18-11-17(8-9-21(18)29-3)12-24-25-23(28)20-14-30-22-7-5-4-6-19(20)22/h4-12,14H,13H2,1-3H3,(H,25,28). The lowest BCUT2D eigenvalue weighted by molar-refractivity contribution is 0.0957. The molecule has 7 heteroatoms. The van der Waals surface area contributed by atoms with Gasteiger partial charge < -0.3 is 4.74 Å². The number of nitrogens with one attached hydrogen (secondary N) is 1. The highest BCUT2D eigenvalue weighted by Crippen LogP contribution is 2.25. The van der Waals surface area contributed by atoms with E-state index in [2.05, 4.69) is 15.6 Å². The summed E-state index contributed by atoms with van der Waals surface area (Å²) in [6.45, 7) is 4.60. The van der Waals surface area contributed by atoms with E-state index in [0.29, 0.717) is 12.1 Å². The van der Waals surface area contributed by atoms with E-state index >= 15 is 0 Å². The van der Waals surface area contributed by atoms with E-state index in [4.69, 9.17) is 4.74 Å². The number of carbonyl (C=O) groups excluding carboxylic acids is 1. The van der Waals surface area contributed by atoms with Crippen LogP contribution in [0.5, 0.6) is 5.75 Å². The molecule has 0 saturated carbocycles. The molecule has 1 amide bonds. The van der Waals surface area contributed by atoms with Crippen molar-refractivity contribution in [2.45, 2.75) is 20.4 Å². The van der Waals surface area contributed by atoms with Gasteiger partial charge >= 0.3 is 0 Å². The molecule has 4 rings (SSSR count). The molecule has 0 fully saturated rings. The summed E-state index contributed by atoms with van der Waals surface area (Å²) in [4.78, 5) is 12.5. The number of hydrazone groups is 1. The zero-order valence-electron chi connectivity index (χ0n) is 17.0. The van der Waals surface area contributed by atoms with Crippen LogP contribution in [0.1, 0.15) is 32.9 Å². The first-order valence-corrected chi connectivity index (χ1v) is 10.4. The van der Waals surface area contributed by atoms with E-state index < -0.39 is 0 Å². The maximum absolute atomic E-state index is 12.5. The number of carbonyl (C=O) groups is 1. The number of aromatic nitrogens is 2. The topological polar surface area (TPSA) is 68.5 Å². The highest BCUT2D eigenvalue weighted by atomic mass is 32.1. The lowest BCUT2D eigenvalue weighted by Gasteiger charge is -2.11. The van der Waals surface area contributed by atoms with Crippen molar-refractivity contribution < 1.29 is 9.53 Å². The second-order valence-corrected chi connectivity index (χ2v) is 7.91. The third-order valence-electron chi connectivity index (χ3n) is 4.83. The lowest BCUT2D eigenvalue weighted by atomic mass is 10.1. The molecule has 0 aliphatic heterocycles. The minimum absolute atomic E-state index is 0.222. The number of aryl methyl sites for hydroxylation is 2. The molecule has 0 saturated heterocycles. The Morgan fingerprint density at radius 2 is 2.07 bits per heavy atom. The second-order valence-electron chi connectivity index (χ2n) is 7.00. The number of fused-ring (bicyclic) bond motifs is 1. The van der Waals surface area contributed by atoms with Gasteiger partial charge in [0.05, 0.1) is 31.1 Å². The zero-order chi connectivity index (χ0) is 21.1. The first kappa shape index (κ1) is 19.8. The first-order valence-electron chi connectivity index (χ1n) is 9.53. The van der Waals surface area contributed by atoms with Gasteiger partial charge in [0.25, 0.3) is 5.91 Å². The normalized spacial score (nSPS) is 11.3. The summed E-state index contributed by atoms with van der Waals surface area (Å²) in [5.74, 6) is 0.563. The predicted molar refractivity (Wildman–Crippen MR) is 121 cm³/mol. The number of methoxy groups -OCH3 is 1. The molecule has 152 valence electrons. The van der Waals surface area contributed by atoms with Gasteiger partial charge in [-0.05, 0) is 49.7 Å². The van der Waals surface area contributed by atoms with Crippen molar-refractivity contribution in [1.82, 2.24) is 15.2 Å². The quantitative estimate of drug-likeness (QED) is 0.369. The van der Waals surface area contributed by atoms with Gasteiger partial charge in [0.1, 0.15) is 5.75 Å². The molecule has 0 radical (unpaired) electrons. The van der Waals surface area contributed by atoms with Gasteiger partial charge in [-0.15, -0.1) is 11.3 Å². The summed E-state index contributed by atoms with van der Waals surface area (Å²) in [6.07, 6.45) is 1.64. The fourth-order valence-electron chi connectivity index (χ4n) is 3.38. The summed E-state index contributed by atoms with van der Waals surface area (Å²) in [5, 5.41) is 11.5. The molecule has 30 heavy (non-hydrogen) atoms. The van der Waals surface area contributed by atoms with Crippen LogP contribution in [0.25, 0.3) is 10.1 Å². The van der Waals surface area contributed by atoms with Crippen molar-refractivity contribution in [2.75, 3.05) is 7.11 Å². The molecule has 6 nitrogen and oxygen atoms in total. The van der Waals surface area contributed by atoms with Crippen LogP contribution in [0.2, 0.25) is 0 Å². The van der Waals surface area contributed by atoms with Crippen molar-refractivity contribution in [3.05, 3.63) is 82.0 Å². The number of ether oxygens (including phenoxy) is 1. The van der Waals surface area contributed by atoms with E-state index in [1.807, 2.05) is 72.4 Å². The molecule has 1 N–H and O–H groups in total. The summed E-state index contributed by atoms with van der Waals surface area (Å²) >= 11 is 1.55. The van der Waals surface area contributed by atoms with Crippen molar-refractivity contribution in [3.8, 4) is 5.75 Å². The zero-order valence-corrected chi connectivity index (χ0v) is 17.9. The molecule has 4 aromatic rings. The average molecular weight is 419 g/mol. The third-order valence-corrected chi connectivity index (χ3v) is 5.80. The molecule has 0 aliphatic rings.